The summed E-state index contributed by atoms with van der Waals surface area (Å²) in [6.45, 7) is 0. The van der Waals surface area contributed by atoms with Gasteiger partial charge in [-0.1, -0.05) is 35.5 Å². The second-order valence-electron chi connectivity index (χ2n) is 3.28. The molecule has 0 radical (unpaired) electrons. The van der Waals surface area contributed by atoms with Crippen molar-refractivity contribution in [3.63, 3.8) is 0 Å². The summed E-state index contributed by atoms with van der Waals surface area (Å²) in [5, 5.41) is 12.3. The summed E-state index contributed by atoms with van der Waals surface area (Å²) in [4.78, 5) is 3.97. The van der Waals surface area contributed by atoms with E-state index in [2.05, 4.69) is 10.1 Å². The lowest BCUT2D eigenvalue weighted by Gasteiger charge is -2.06. The van der Waals surface area contributed by atoms with Gasteiger partial charge in [0.2, 0.25) is 0 Å². The molecule has 0 aliphatic carbocycles. The van der Waals surface area contributed by atoms with Crippen LogP contribution in [-0.4, -0.2) is 15.9 Å². The van der Waals surface area contributed by atoms with Crippen LogP contribution in [0.25, 0.3) is 0 Å². The van der Waals surface area contributed by atoms with Crippen LogP contribution in [0, 0.1) is 0 Å². The highest BCUT2D eigenvalue weighted by atomic mass is 16.4. The first-order valence-corrected chi connectivity index (χ1v) is 4.80. The average Bonchev–Trinajstić information content (AvgIpc) is 2.34. The van der Waals surface area contributed by atoms with Gasteiger partial charge in [0.25, 0.3) is 0 Å². The lowest BCUT2D eigenvalue weighted by molar-refractivity contribution is 0.319. The first-order valence-electron chi connectivity index (χ1n) is 4.80. The number of nitrogen functional groups attached to an aromatic ring is 1. The number of aromatic nitrogens is 1. The molecule has 3 N–H and O–H groups in total. The summed E-state index contributed by atoms with van der Waals surface area (Å²) in [5.41, 5.74) is 8.18. The van der Waals surface area contributed by atoms with E-state index in [1.807, 2.05) is 30.3 Å². The first kappa shape index (κ1) is 10.2. The molecule has 80 valence electrons. The minimum Gasteiger partial charge on any atom is -0.410 e. The van der Waals surface area contributed by atoms with Gasteiger partial charge >= 0.3 is 0 Å². The number of hydrogen-bond donors (Lipinski definition) is 2. The molecule has 0 aliphatic rings. The number of benzene rings is 1. The molecular formula is C12H11N3O. The summed E-state index contributed by atoms with van der Waals surface area (Å²) in [5.74, 6) is 0. The highest BCUT2D eigenvalue weighted by Crippen LogP contribution is 2.15. The van der Waals surface area contributed by atoms with Gasteiger partial charge in [0.1, 0.15) is 5.71 Å². The molecular weight excluding hydrogens is 202 g/mol. The van der Waals surface area contributed by atoms with Gasteiger partial charge < -0.3 is 10.9 Å². The Morgan fingerprint density at radius 3 is 2.56 bits per heavy atom. The average molecular weight is 213 g/mol. The fraction of sp³-hybridized carbons (Fsp3) is 0. The van der Waals surface area contributed by atoms with Gasteiger partial charge in [-0.15, -0.1) is 0 Å². The van der Waals surface area contributed by atoms with Crippen molar-refractivity contribution in [2.45, 2.75) is 0 Å². The largest absolute Gasteiger partial charge is 0.410 e. The maximum absolute atomic E-state index is 9.06. The molecule has 1 aromatic heterocycles. The van der Waals surface area contributed by atoms with E-state index in [1.165, 1.54) is 0 Å². The lowest BCUT2D eigenvalue weighted by Crippen LogP contribution is -2.07. The Bertz CT molecular complexity index is 509. The van der Waals surface area contributed by atoms with Crippen molar-refractivity contribution in [3.8, 4) is 0 Å². The maximum atomic E-state index is 9.06. The Kier molecular flexibility index (Phi) is 2.82. The molecule has 4 nitrogen and oxygen atoms in total. The van der Waals surface area contributed by atoms with Gasteiger partial charge in [-0.3, -0.25) is 4.98 Å². The molecule has 0 fully saturated rings. The minimum absolute atomic E-state index is 0.422. The van der Waals surface area contributed by atoms with Crippen LogP contribution in [0.5, 0.6) is 0 Å². The summed E-state index contributed by atoms with van der Waals surface area (Å²) in [6, 6.07) is 11.0. The number of pyridine rings is 1. The zero-order valence-corrected chi connectivity index (χ0v) is 8.54. The third kappa shape index (κ3) is 1.86. The molecule has 0 bridgehead atoms. The highest BCUT2D eigenvalue weighted by Gasteiger charge is 2.10. The second kappa shape index (κ2) is 4.44. The van der Waals surface area contributed by atoms with Crippen LogP contribution >= 0.6 is 0 Å². The van der Waals surface area contributed by atoms with Crippen molar-refractivity contribution < 1.29 is 5.21 Å². The molecule has 0 atom stereocenters. The maximum Gasteiger partial charge on any atom is 0.120 e. The molecule has 1 heterocycles. The number of rotatable bonds is 2. The van der Waals surface area contributed by atoms with Gasteiger partial charge in [-0.2, -0.15) is 0 Å². The van der Waals surface area contributed by atoms with Crippen LogP contribution in [0.15, 0.2) is 53.9 Å². The van der Waals surface area contributed by atoms with Crippen LogP contribution < -0.4 is 5.73 Å². The molecule has 4 heteroatoms. The summed E-state index contributed by atoms with van der Waals surface area (Å²) >= 11 is 0. The van der Waals surface area contributed by atoms with Crippen LogP contribution in [0.1, 0.15) is 11.1 Å². The summed E-state index contributed by atoms with van der Waals surface area (Å²) in [6.07, 6.45) is 3.18. The molecule has 0 saturated carbocycles. The fourth-order valence-corrected chi connectivity index (χ4v) is 1.47. The SMILES string of the molecule is Nc1ccncc1C(=NO)c1ccccc1. The number of oxime groups is 1. The van der Waals surface area contributed by atoms with Crippen molar-refractivity contribution in [1.29, 1.82) is 0 Å². The molecule has 0 saturated heterocycles. The quantitative estimate of drug-likeness (QED) is 0.454. The molecule has 0 unspecified atom stereocenters. The van der Waals surface area contributed by atoms with E-state index in [-0.39, 0.29) is 0 Å². The monoisotopic (exact) mass is 213 g/mol. The number of hydrogen-bond acceptors (Lipinski definition) is 4. The molecule has 0 aliphatic heterocycles. The Labute approximate surface area is 93.1 Å². The van der Waals surface area contributed by atoms with Gasteiger partial charge in [0.05, 0.1) is 0 Å². The molecule has 16 heavy (non-hydrogen) atoms. The van der Waals surface area contributed by atoms with Crippen LogP contribution in [0.4, 0.5) is 5.69 Å². The number of nitrogens with two attached hydrogens (primary N) is 1. The third-order valence-electron chi connectivity index (χ3n) is 2.26. The predicted molar refractivity (Wildman–Crippen MR) is 62.5 cm³/mol. The van der Waals surface area contributed by atoms with Crippen molar-refractivity contribution in [2.24, 2.45) is 5.16 Å². The summed E-state index contributed by atoms with van der Waals surface area (Å²) in [7, 11) is 0. The Morgan fingerprint density at radius 1 is 1.19 bits per heavy atom. The van der Waals surface area contributed by atoms with Gasteiger partial charge in [-0.05, 0) is 6.07 Å². The van der Waals surface area contributed by atoms with Gasteiger partial charge in [0.15, 0.2) is 0 Å². The number of nitrogens with zero attached hydrogens (tertiary/aromatic N) is 2. The number of anilines is 1. The van der Waals surface area contributed by atoms with E-state index in [0.29, 0.717) is 17.0 Å². The van der Waals surface area contributed by atoms with E-state index in [9.17, 15) is 0 Å². The second-order valence-corrected chi connectivity index (χ2v) is 3.28. The van der Waals surface area contributed by atoms with E-state index >= 15 is 0 Å². The predicted octanol–water partition coefficient (Wildman–Crippen LogP) is 1.89. The molecule has 1 aromatic carbocycles. The standard InChI is InChI=1S/C12H11N3O/c13-11-6-7-14-8-10(11)12(15-16)9-4-2-1-3-5-9/h1-8,16H,(H2,13,14). The Morgan fingerprint density at radius 2 is 1.94 bits per heavy atom. The normalized spacial score (nSPS) is 11.4. The van der Waals surface area contributed by atoms with E-state index < -0.39 is 0 Å². The lowest BCUT2D eigenvalue weighted by atomic mass is 10.0. The van der Waals surface area contributed by atoms with E-state index in [1.54, 1.807) is 18.5 Å². The highest BCUT2D eigenvalue weighted by molar-refractivity contribution is 6.15. The topological polar surface area (TPSA) is 71.5 Å². The fourth-order valence-electron chi connectivity index (χ4n) is 1.47. The molecule has 2 rings (SSSR count). The Hall–Kier alpha value is -2.36. The molecule has 0 spiro atoms. The van der Waals surface area contributed by atoms with E-state index in [4.69, 9.17) is 10.9 Å². The van der Waals surface area contributed by atoms with Crippen molar-refractivity contribution in [2.75, 3.05) is 5.73 Å². The van der Waals surface area contributed by atoms with Crippen molar-refractivity contribution in [1.82, 2.24) is 4.98 Å². The van der Waals surface area contributed by atoms with E-state index in [0.717, 1.165) is 5.56 Å². The molecule has 0 amide bonds. The van der Waals surface area contributed by atoms with Crippen LogP contribution in [0.2, 0.25) is 0 Å². The third-order valence-corrected chi connectivity index (χ3v) is 2.26. The zero-order chi connectivity index (χ0) is 11.4. The van der Waals surface area contributed by atoms with Crippen LogP contribution in [0.3, 0.4) is 0 Å². The molecule has 2 aromatic rings. The zero-order valence-electron chi connectivity index (χ0n) is 8.54. The first-order chi connectivity index (χ1) is 7.83. The summed E-state index contributed by atoms with van der Waals surface area (Å²) < 4.78 is 0. The smallest absolute Gasteiger partial charge is 0.120 e. The minimum atomic E-state index is 0.422. The Balaban J connectivity index is 2.51. The van der Waals surface area contributed by atoms with Crippen molar-refractivity contribution >= 4 is 11.4 Å². The van der Waals surface area contributed by atoms with Gasteiger partial charge in [-0.25, -0.2) is 0 Å². The van der Waals surface area contributed by atoms with Crippen molar-refractivity contribution in [3.05, 3.63) is 59.9 Å². The van der Waals surface area contributed by atoms with Gasteiger partial charge in [0, 0.05) is 29.2 Å². The van der Waals surface area contributed by atoms with Crippen LogP contribution in [-0.2, 0) is 0 Å².